The number of methoxy groups -OCH3 is 5. The molecule has 2 atom stereocenters. The number of aliphatic hydroxyl groups excluding tert-OH is 1. The van der Waals surface area contributed by atoms with Crippen LogP contribution in [0.3, 0.4) is 0 Å². The minimum absolute atomic E-state index is 0.0568. The van der Waals surface area contributed by atoms with E-state index in [0.717, 1.165) is 0 Å². The van der Waals surface area contributed by atoms with Crippen LogP contribution in [0.4, 0.5) is 0 Å². The van der Waals surface area contributed by atoms with E-state index < -0.39 is 18.0 Å². The summed E-state index contributed by atoms with van der Waals surface area (Å²) in [4.78, 5) is 12.5. The molecule has 9 nitrogen and oxygen atoms in total. The van der Waals surface area contributed by atoms with Crippen LogP contribution in [0.2, 0.25) is 0 Å². The van der Waals surface area contributed by atoms with Gasteiger partial charge in [-0.1, -0.05) is 0 Å². The molecular weight excluding hydrogens is 384 g/mol. The molecule has 0 aliphatic carbocycles. The fourth-order valence-electron chi connectivity index (χ4n) is 2.94. The van der Waals surface area contributed by atoms with Crippen LogP contribution in [0.5, 0.6) is 34.5 Å². The van der Waals surface area contributed by atoms with Crippen molar-refractivity contribution in [3.8, 4) is 34.5 Å². The summed E-state index contributed by atoms with van der Waals surface area (Å²) in [6.45, 7) is 0. The van der Waals surface area contributed by atoms with Crippen LogP contribution >= 0.6 is 0 Å². The monoisotopic (exact) mass is 408 g/mol. The van der Waals surface area contributed by atoms with Crippen molar-refractivity contribution >= 4 is 5.97 Å². The van der Waals surface area contributed by atoms with E-state index >= 15 is 0 Å². The number of phenols is 2. The molecule has 0 amide bonds. The highest BCUT2D eigenvalue weighted by Gasteiger charge is 2.33. The quantitative estimate of drug-likeness (QED) is 0.563. The number of carbonyl (C=O) groups is 1. The number of ether oxygens (including phenoxy) is 5. The summed E-state index contributed by atoms with van der Waals surface area (Å²) in [6.07, 6.45) is -1.41. The zero-order valence-corrected chi connectivity index (χ0v) is 16.8. The van der Waals surface area contributed by atoms with Gasteiger partial charge >= 0.3 is 5.97 Å². The Morgan fingerprint density at radius 1 is 0.724 bits per heavy atom. The lowest BCUT2D eigenvalue weighted by Crippen LogP contribution is -2.22. The molecule has 0 aromatic heterocycles. The third-order valence-electron chi connectivity index (χ3n) is 4.48. The van der Waals surface area contributed by atoms with Gasteiger partial charge < -0.3 is 39.0 Å². The number of aliphatic hydroxyl groups is 1. The standard InChI is InChI=1S/C20H24O9/c1-25-12-6-10(7-13(26-2)18(12)22)16(20(24)29-5)17(21)11-8-14(27-3)19(23)15(9-11)28-4/h6-9,16-17,21-23H,1-5H3. The van der Waals surface area contributed by atoms with Gasteiger partial charge in [0.1, 0.15) is 5.92 Å². The maximum atomic E-state index is 12.5. The normalized spacial score (nSPS) is 12.6. The van der Waals surface area contributed by atoms with Crippen molar-refractivity contribution in [2.24, 2.45) is 0 Å². The Labute approximate surface area is 168 Å². The van der Waals surface area contributed by atoms with Crippen molar-refractivity contribution in [3.63, 3.8) is 0 Å². The molecule has 2 aromatic carbocycles. The Morgan fingerprint density at radius 3 is 1.38 bits per heavy atom. The molecule has 0 radical (unpaired) electrons. The number of esters is 1. The fourth-order valence-corrected chi connectivity index (χ4v) is 2.94. The lowest BCUT2D eigenvalue weighted by molar-refractivity contribution is -0.145. The molecular formula is C20H24O9. The smallest absolute Gasteiger partial charge is 0.316 e. The van der Waals surface area contributed by atoms with E-state index in [1.165, 1.54) is 59.8 Å². The lowest BCUT2D eigenvalue weighted by Gasteiger charge is -2.24. The Kier molecular flexibility index (Phi) is 7.00. The molecule has 0 spiro atoms. The van der Waals surface area contributed by atoms with Crippen molar-refractivity contribution in [3.05, 3.63) is 35.4 Å². The van der Waals surface area contributed by atoms with Crippen molar-refractivity contribution in [2.45, 2.75) is 12.0 Å². The molecule has 0 saturated heterocycles. The first-order valence-corrected chi connectivity index (χ1v) is 8.48. The maximum absolute atomic E-state index is 12.5. The minimum Gasteiger partial charge on any atom is -0.502 e. The number of hydrogen-bond donors (Lipinski definition) is 3. The third-order valence-corrected chi connectivity index (χ3v) is 4.48. The Morgan fingerprint density at radius 2 is 1.07 bits per heavy atom. The predicted octanol–water partition coefficient (Wildman–Crippen LogP) is 2.12. The van der Waals surface area contributed by atoms with Gasteiger partial charge in [-0.3, -0.25) is 4.79 Å². The molecule has 0 bridgehead atoms. The zero-order valence-electron chi connectivity index (χ0n) is 16.8. The van der Waals surface area contributed by atoms with E-state index in [-0.39, 0.29) is 45.6 Å². The first-order valence-electron chi connectivity index (χ1n) is 8.48. The van der Waals surface area contributed by atoms with Crippen molar-refractivity contribution < 1.29 is 43.8 Å². The number of carbonyl (C=O) groups excluding carboxylic acids is 1. The Bertz CT molecular complexity index is 828. The van der Waals surface area contributed by atoms with Crippen LogP contribution < -0.4 is 18.9 Å². The van der Waals surface area contributed by atoms with Crippen molar-refractivity contribution in [1.29, 1.82) is 0 Å². The summed E-state index contributed by atoms with van der Waals surface area (Å²) in [6, 6.07) is 5.57. The Hall–Kier alpha value is -3.33. The lowest BCUT2D eigenvalue weighted by atomic mass is 9.88. The Balaban J connectivity index is 2.64. The van der Waals surface area contributed by atoms with Gasteiger partial charge in [0, 0.05) is 0 Å². The van der Waals surface area contributed by atoms with E-state index in [0.29, 0.717) is 0 Å². The molecule has 2 rings (SSSR count). The number of benzene rings is 2. The average Bonchev–Trinajstić information content (AvgIpc) is 2.74. The van der Waals surface area contributed by atoms with Crippen LogP contribution in [0.1, 0.15) is 23.1 Å². The summed E-state index contributed by atoms with van der Waals surface area (Å²) in [5, 5.41) is 31.2. The van der Waals surface area contributed by atoms with E-state index in [2.05, 4.69) is 0 Å². The number of hydrogen-bond acceptors (Lipinski definition) is 9. The third kappa shape index (κ3) is 4.24. The van der Waals surface area contributed by atoms with E-state index in [1.54, 1.807) is 0 Å². The summed E-state index contributed by atoms with van der Waals surface area (Å²) >= 11 is 0. The predicted molar refractivity (Wildman–Crippen MR) is 102 cm³/mol. The van der Waals surface area contributed by atoms with Gasteiger partial charge in [-0.15, -0.1) is 0 Å². The highest BCUT2D eigenvalue weighted by molar-refractivity contribution is 5.80. The average molecular weight is 408 g/mol. The van der Waals surface area contributed by atoms with E-state index in [9.17, 15) is 20.1 Å². The maximum Gasteiger partial charge on any atom is 0.316 e. The van der Waals surface area contributed by atoms with Gasteiger partial charge in [-0.25, -0.2) is 0 Å². The fraction of sp³-hybridized carbons (Fsp3) is 0.350. The number of phenolic OH excluding ortho intramolecular Hbond substituents is 2. The number of rotatable bonds is 8. The highest BCUT2D eigenvalue weighted by atomic mass is 16.5. The van der Waals surface area contributed by atoms with Gasteiger partial charge in [0.25, 0.3) is 0 Å². The van der Waals surface area contributed by atoms with Gasteiger partial charge in [0.05, 0.1) is 41.7 Å². The van der Waals surface area contributed by atoms with Crippen LogP contribution in [0.15, 0.2) is 24.3 Å². The molecule has 0 saturated carbocycles. The van der Waals surface area contributed by atoms with Gasteiger partial charge in [-0.05, 0) is 35.4 Å². The van der Waals surface area contributed by atoms with E-state index in [4.69, 9.17) is 23.7 Å². The summed E-state index contributed by atoms with van der Waals surface area (Å²) in [5.74, 6) is -2.20. The molecule has 2 unspecified atom stereocenters. The number of aromatic hydroxyl groups is 2. The minimum atomic E-state index is -1.41. The molecule has 29 heavy (non-hydrogen) atoms. The molecule has 0 heterocycles. The second-order valence-electron chi connectivity index (χ2n) is 5.99. The zero-order chi connectivity index (χ0) is 21.7. The molecule has 158 valence electrons. The SMILES string of the molecule is COC(=O)C(c1cc(OC)c(O)c(OC)c1)C(O)c1cc(OC)c(O)c(OC)c1. The van der Waals surface area contributed by atoms with Crippen LogP contribution in [0, 0.1) is 0 Å². The van der Waals surface area contributed by atoms with Crippen molar-refractivity contribution in [1.82, 2.24) is 0 Å². The van der Waals surface area contributed by atoms with E-state index in [1.807, 2.05) is 0 Å². The molecule has 0 aliphatic rings. The van der Waals surface area contributed by atoms with Gasteiger partial charge in [-0.2, -0.15) is 0 Å². The van der Waals surface area contributed by atoms with Gasteiger partial charge in [0.2, 0.25) is 11.5 Å². The first kappa shape index (κ1) is 22.0. The molecule has 0 fully saturated rings. The van der Waals surface area contributed by atoms with Crippen LogP contribution in [-0.2, 0) is 9.53 Å². The summed E-state index contributed by atoms with van der Waals surface area (Å²) in [5.41, 5.74) is 0.514. The molecule has 0 aliphatic heterocycles. The summed E-state index contributed by atoms with van der Waals surface area (Å²) < 4.78 is 25.3. The topological polar surface area (TPSA) is 124 Å². The molecule has 2 aromatic rings. The molecule has 3 N–H and O–H groups in total. The van der Waals surface area contributed by atoms with Crippen LogP contribution in [-0.4, -0.2) is 56.8 Å². The highest BCUT2D eigenvalue weighted by Crippen LogP contribution is 2.45. The second-order valence-corrected chi connectivity index (χ2v) is 5.99. The second kappa shape index (κ2) is 9.24. The summed E-state index contributed by atoms with van der Waals surface area (Å²) in [7, 11) is 6.57. The molecule has 9 heteroatoms. The van der Waals surface area contributed by atoms with Gasteiger partial charge in [0.15, 0.2) is 23.0 Å². The largest absolute Gasteiger partial charge is 0.502 e. The van der Waals surface area contributed by atoms with Crippen LogP contribution in [0.25, 0.3) is 0 Å². The van der Waals surface area contributed by atoms with Crippen molar-refractivity contribution in [2.75, 3.05) is 35.5 Å². The first-order chi connectivity index (χ1) is 13.8.